The van der Waals surface area contributed by atoms with Crippen molar-refractivity contribution < 1.29 is 4.39 Å². The fourth-order valence-corrected chi connectivity index (χ4v) is 2.49. The van der Waals surface area contributed by atoms with Crippen molar-refractivity contribution in [1.82, 2.24) is 19.9 Å². The first-order chi connectivity index (χ1) is 8.86. The summed E-state index contributed by atoms with van der Waals surface area (Å²) in [5, 5.41) is 3.33. The number of nitrogens with one attached hydrogen (secondary N) is 1. The van der Waals surface area contributed by atoms with Gasteiger partial charge >= 0.3 is 0 Å². The molecule has 0 bridgehead atoms. The van der Waals surface area contributed by atoms with Crippen molar-refractivity contribution in [2.24, 2.45) is 0 Å². The van der Waals surface area contributed by atoms with E-state index < -0.39 is 0 Å². The highest BCUT2D eigenvalue weighted by molar-refractivity contribution is 5.34. The lowest BCUT2D eigenvalue weighted by Crippen LogP contribution is -2.27. The summed E-state index contributed by atoms with van der Waals surface area (Å²) in [5.41, 5.74) is 1.61. The molecule has 3 rings (SSSR count). The Kier molecular flexibility index (Phi) is 3.06. The van der Waals surface area contributed by atoms with Crippen LogP contribution < -0.4 is 5.32 Å². The fraction of sp³-hybridized carbons (Fsp3) is 0.385. The summed E-state index contributed by atoms with van der Waals surface area (Å²) in [4.78, 5) is 7.95. The van der Waals surface area contributed by atoms with Crippen molar-refractivity contribution in [2.45, 2.75) is 18.8 Å². The Morgan fingerprint density at radius 3 is 2.83 bits per heavy atom. The number of rotatable bonds is 2. The molecule has 0 unspecified atom stereocenters. The van der Waals surface area contributed by atoms with Gasteiger partial charge in [0.1, 0.15) is 0 Å². The molecule has 2 aromatic heterocycles. The fourth-order valence-electron chi connectivity index (χ4n) is 2.49. The normalized spacial score (nSPS) is 16.9. The molecule has 0 radical (unpaired) electrons. The molecule has 0 saturated carbocycles. The van der Waals surface area contributed by atoms with Crippen LogP contribution in [0.2, 0.25) is 0 Å². The molecule has 0 amide bonds. The lowest BCUT2D eigenvalue weighted by atomic mass is 9.95. The second kappa shape index (κ2) is 4.86. The monoisotopic (exact) mass is 246 g/mol. The number of hydrogen-bond acceptors (Lipinski definition) is 3. The van der Waals surface area contributed by atoms with E-state index in [2.05, 4.69) is 15.3 Å². The minimum atomic E-state index is -0.314. The van der Waals surface area contributed by atoms with Crippen LogP contribution >= 0.6 is 0 Å². The molecule has 0 spiro atoms. The van der Waals surface area contributed by atoms with E-state index in [1.165, 1.54) is 6.20 Å². The van der Waals surface area contributed by atoms with Crippen molar-refractivity contribution in [3.8, 4) is 5.69 Å². The summed E-state index contributed by atoms with van der Waals surface area (Å²) in [6, 6.07) is 1.68. The van der Waals surface area contributed by atoms with Gasteiger partial charge in [0.15, 0.2) is 5.82 Å². The van der Waals surface area contributed by atoms with Crippen molar-refractivity contribution in [2.75, 3.05) is 13.1 Å². The average Bonchev–Trinajstić information content (AvgIpc) is 2.89. The summed E-state index contributed by atoms with van der Waals surface area (Å²) in [6.07, 6.45) is 8.49. The average molecular weight is 246 g/mol. The van der Waals surface area contributed by atoms with Gasteiger partial charge in [-0.05, 0) is 32.0 Å². The Bertz CT molecular complexity index is 531. The smallest absolute Gasteiger partial charge is 0.165 e. The van der Waals surface area contributed by atoms with Gasteiger partial charge in [0.2, 0.25) is 0 Å². The van der Waals surface area contributed by atoms with Crippen LogP contribution in [0.15, 0.2) is 31.0 Å². The molecule has 0 atom stereocenters. The van der Waals surface area contributed by atoms with Gasteiger partial charge in [-0.1, -0.05) is 0 Å². The van der Waals surface area contributed by atoms with Crippen LogP contribution in [0.4, 0.5) is 4.39 Å². The first-order valence-electron chi connectivity index (χ1n) is 6.19. The van der Waals surface area contributed by atoms with Gasteiger partial charge in [-0.15, -0.1) is 0 Å². The molecule has 5 heteroatoms. The number of halogens is 1. The Morgan fingerprint density at radius 2 is 2.06 bits per heavy atom. The van der Waals surface area contributed by atoms with Gasteiger partial charge < -0.3 is 5.32 Å². The summed E-state index contributed by atoms with van der Waals surface area (Å²) >= 11 is 0. The molecular weight excluding hydrogens is 231 g/mol. The second-order valence-electron chi connectivity index (χ2n) is 4.54. The van der Waals surface area contributed by atoms with Gasteiger partial charge in [0, 0.05) is 24.0 Å². The Hall–Kier alpha value is -1.75. The van der Waals surface area contributed by atoms with E-state index in [1.807, 2.05) is 10.8 Å². The maximum Gasteiger partial charge on any atom is 0.165 e. The molecule has 2 aromatic rings. The zero-order valence-electron chi connectivity index (χ0n) is 10.0. The third-order valence-electron chi connectivity index (χ3n) is 3.44. The standard InChI is InChI=1S/C13H15FN4/c14-11-7-16-6-3-12(11)18-9-17-8-13(18)10-1-4-15-5-2-10/h3,6-10,15H,1-2,4-5H2. The predicted octanol–water partition coefficient (Wildman–Crippen LogP) is 1.87. The minimum Gasteiger partial charge on any atom is -0.317 e. The van der Waals surface area contributed by atoms with E-state index in [1.54, 1.807) is 18.6 Å². The van der Waals surface area contributed by atoms with E-state index in [4.69, 9.17) is 0 Å². The Balaban J connectivity index is 1.98. The van der Waals surface area contributed by atoms with Crippen LogP contribution in [-0.2, 0) is 0 Å². The second-order valence-corrected chi connectivity index (χ2v) is 4.54. The molecular formula is C13H15FN4. The highest BCUT2D eigenvalue weighted by Gasteiger charge is 2.20. The molecule has 1 aliphatic heterocycles. The SMILES string of the molecule is Fc1cnccc1-n1cncc1C1CCNCC1. The highest BCUT2D eigenvalue weighted by atomic mass is 19.1. The first kappa shape index (κ1) is 11.3. The molecule has 18 heavy (non-hydrogen) atoms. The lowest BCUT2D eigenvalue weighted by molar-refractivity contribution is 0.448. The van der Waals surface area contributed by atoms with Crippen molar-refractivity contribution in [3.05, 3.63) is 42.5 Å². The molecule has 4 nitrogen and oxygen atoms in total. The molecule has 0 aliphatic carbocycles. The van der Waals surface area contributed by atoms with E-state index in [9.17, 15) is 4.39 Å². The molecule has 1 saturated heterocycles. The van der Waals surface area contributed by atoms with Gasteiger partial charge in [-0.3, -0.25) is 9.55 Å². The van der Waals surface area contributed by atoms with E-state index in [-0.39, 0.29) is 5.82 Å². The third-order valence-corrected chi connectivity index (χ3v) is 3.44. The van der Waals surface area contributed by atoms with Crippen molar-refractivity contribution in [1.29, 1.82) is 0 Å². The number of pyridine rings is 1. The Labute approximate surface area is 105 Å². The van der Waals surface area contributed by atoms with Gasteiger partial charge in [-0.25, -0.2) is 9.37 Å². The summed E-state index contributed by atoms with van der Waals surface area (Å²) in [7, 11) is 0. The summed E-state index contributed by atoms with van der Waals surface area (Å²) < 4.78 is 15.6. The zero-order valence-corrected chi connectivity index (χ0v) is 10.0. The maximum absolute atomic E-state index is 13.8. The third kappa shape index (κ3) is 2.01. The number of imidazole rings is 1. The van der Waals surface area contributed by atoms with Crippen LogP contribution in [0.1, 0.15) is 24.5 Å². The van der Waals surface area contributed by atoms with Crippen LogP contribution in [-0.4, -0.2) is 27.6 Å². The van der Waals surface area contributed by atoms with Gasteiger partial charge in [0.25, 0.3) is 0 Å². The number of aromatic nitrogens is 3. The molecule has 1 fully saturated rings. The number of hydrogen-bond donors (Lipinski definition) is 1. The highest BCUT2D eigenvalue weighted by Crippen LogP contribution is 2.27. The molecule has 0 aromatic carbocycles. The van der Waals surface area contributed by atoms with Crippen LogP contribution in [0.3, 0.4) is 0 Å². The number of piperidine rings is 1. The topological polar surface area (TPSA) is 42.7 Å². The van der Waals surface area contributed by atoms with Crippen LogP contribution in [0, 0.1) is 5.82 Å². The lowest BCUT2D eigenvalue weighted by Gasteiger charge is -2.23. The predicted molar refractivity (Wildman–Crippen MR) is 66.2 cm³/mol. The maximum atomic E-state index is 13.8. The molecule has 3 heterocycles. The largest absolute Gasteiger partial charge is 0.317 e. The quantitative estimate of drug-likeness (QED) is 0.879. The van der Waals surface area contributed by atoms with Crippen LogP contribution in [0.25, 0.3) is 5.69 Å². The molecule has 1 N–H and O–H groups in total. The van der Waals surface area contributed by atoms with E-state index >= 15 is 0 Å². The van der Waals surface area contributed by atoms with Gasteiger partial charge in [-0.2, -0.15) is 0 Å². The minimum absolute atomic E-state index is 0.314. The molecule has 94 valence electrons. The van der Waals surface area contributed by atoms with Crippen LogP contribution in [0.5, 0.6) is 0 Å². The summed E-state index contributed by atoms with van der Waals surface area (Å²) in [6.45, 7) is 2.02. The van der Waals surface area contributed by atoms with Gasteiger partial charge in [0.05, 0.1) is 18.2 Å². The Morgan fingerprint density at radius 1 is 1.22 bits per heavy atom. The summed E-state index contributed by atoms with van der Waals surface area (Å²) in [5.74, 6) is 0.131. The molecule has 1 aliphatic rings. The van der Waals surface area contributed by atoms with Crippen molar-refractivity contribution >= 4 is 0 Å². The zero-order chi connectivity index (χ0) is 12.4. The number of nitrogens with zero attached hydrogens (tertiary/aromatic N) is 3. The van der Waals surface area contributed by atoms with Crippen molar-refractivity contribution in [3.63, 3.8) is 0 Å². The van der Waals surface area contributed by atoms with E-state index in [0.717, 1.165) is 31.6 Å². The van der Waals surface area contributed by atoms with E-state index in [0.29, 0.717) is 11.6 Å². The first-order valence-corrected chi connectivity index (χ1v) is 6.19.